The summed E-state index contributed by atoms with van der Waals surface area (Å²) in [4.78, 5) is 13.4. The fourth-order valence-corrected chi connectivity index (χ4v) is 1.96. The molecule has 1 amide bonds. The number of hydrogen-bond acceptors (Lipinski definition) is 3. The molecule has 1 saturated heterocycles. The number of nitrogens with one attached hydrogen (secondary N) is 1. The van der Waals surface area contributed by atoms with Crippen LogP contribution in [0.25, 0.3) is 0 Å². The Morgan fingerprint density at radius 3 is 2.94 bits per heavy atom. The van der Waals surface area contributed by atoms with Gasteiger partial charge in [-0.15, -0.1) is 0 Å². The minimum Gasteiger partial charge on any atom is -0.360 e. The zero-order chi connectivity index (χ0) is 11.5. The minimum atomic E-state index is 0.0896. The molecule has 0 unspecified atom stereocenters. The van der Waals surface area contributed by atoms with E-state index < -0.39 is 0 Å². The van der Waals surface area contributed by atoms with Crippen LogP contribution in [0.3, 0.4) is 0 Å². The van der Waals surface area contributed by atoms with Crippen LogP contribution in [0, 0.1) is 6.92 Å². The van der Waals surface area contributed by atoms with E-state index in [0.29, 0.717) is 13.1 Å². The Labute approximate surface area is 95.4 Å². The summed E-state index contributed by atoms with van der Waals surface area (Å²) < 4.78 is 0. The number of amides is 1. The van der Waals surface area contributed by atoms with Crippen molar-refractivity contribution >= 4 is 11.6 Å². The molecular weight excluding hydrogens is 202 g/mol. The standard InChI is InChI=1S/C12H17N3O/c1-9-6-11(3-2-10(9)7-13)15-5-4-14-12(16)8-15/h2-3,6H,4-5,7-8,13H2,1H3,(H,14,16). The summed E-state index contributed by atoms with van der Waals surface area (Å²) in [7, 11) is 0. The molecule has 1 aromatic carbocycles. The van der Waals surface area contributed by atoms with Crippen LogP contribution >= 0.6 is 0 Å². The lowest BCUT2D eigenvalue weighted by molar-refractivity contribution is -0.120. The largest absolute Gasteiger partial charge is 0.360 e. The third-order valence-electron chi connectivity index (χ3n) is 2.95. The Morgan fingerprint density at radius 2 is 2.31 bits per heavy atom. The van der Waals surface area contributed by atoms with Crippen LogP contribution in [-0.2, 0) is 11.3 Å². The number of hydrogen-bond donors (Lipinski definition) is 2. The molecule has 3 N–H and O–H groups in total. The van der Waals surface area contributed by atoms with Crippen molar-refractivity contribution in [2.24, 2.45) is 5.73 Å². The van der Waals surface area contributed by atoms with Crippen molar-refractivity contribution in [3.63, 3.8) is 0 Å². The second kappa shape index (κ2) is 4.53. The summed E-state index contributed by atoms with van der Waals surface area (Å²) in [6.45, 7) is 4.65. The molecule has 4 nitrogen and oxygen atoms in total. The summed E-state index contributed by atoms with van der Waals surface area (Å²) in [5.41, 5.74) is 9.07. The molecule has 16 heavy (non-hydrogen) atoms. The van der Waals surface area contributed by atoms with Crippen molar-refractivity contribution in [3.05, 3.63) is 29.3 Å². The molecule has 0 bridgehead atoms. The van der Waals surface area contributed by atoms with Crippen molar-refractivity contribution < 1.29 is 4.79 Å². The predicted octanol–water partition coefficient (Wildman–Crippen LogP) is 0.390. The fraction of sp³-hybridized carbons (Fsp3) is 0.417. The summed E-state index contributed by atoms with van der Waals surface area (Å²) >= 11 is 0. The van der Waals surface area contributed by atoms with Gasteiger partial charge >= 0.3 is 0 Å². The first kappa shape index (κ1) is 11.0. The van der Waals surface area contributed by atoms with Crippen LogP contribution in [0.5, 0.6) is 0 Å². The molecule has 0 saturated carbocycles. The number of piperazine rings is 1. The molecule has 0 aromatic heterocycles. The van der Waals surface area contributed by atoms with E-state index in [1.54, 1.807) is 0 Å². The molecule has 1 aliphatic rings. The molecule has 2 rings (SSSR count). The monoisotopic (exact) mass is 219 g/mol. The van der Waals surface area contributed by atoms with E-state index in [0.717, 1.165) is 24.3 Å². The van der Waals surface area contributed by atoms with E-state index in [4.69, 9.17) is 5.73 Å². The lowest BCUT2D eigenvalue weighted by Crippen LogP contribution is -2.47. The number of nitrogens with two attached hydrogens (primary N) is 1. The lowest BCUT2D eigenvalue weighted by atomic mass is 10.1. The Balaban J connectivity index is 2.20. The van der Waals surface area contributed by atoms with Crippen LogP contribution in [0.4, 0.5) is 5.69 Å². The zero-order valence-electron chi connectivity index (χ0n) is 9.49. The number of benzene rings is 1. The van der Waals surface area contributed by atoms with E-state index in [2.05, 4.69) is 23.2 Å². The highest BCUT2D eigenvalue weighted by molar-refractivity contribution is 5.82. The molecule has 1 aliphatic heterocycles. The molecule has 0 radical (unpaired) electrons. The van der Waals surface area contributed by atoms with Gasteiger partial charge in [0.05, 0.1) is 6.54 Å². The highest BCUT2D eigenvalue weighted by Crippen LogP contribution is 2.19. The highest BCUT2D eigenvalue weighted by Gasteiger charge is 2.16. The van der Waals surface area contributed by atoms with Gasteiger partial charge in [0.15, 0.2) is 0 Å². The third kappa shape index (κ3) is 2.17. The van der Waals surface area contributed by atoms with Crippen LogP contribution < -0.4 is 16.0 Å². The van der Waals surface area contributed by atoms with Crippen molar-refractivity contribution in [1.29, 1.82) is 0 Å². The Kier molecular flexibility index (Phi) is 3.10. The predicted molar refractivity (Wildman–Crippen MR) is 64.3 cm³/mol. The van der Waals surface area contributed by atoms with E-state index >= 15 is 0 Å². The first-order valence-corrected chi connectivity index (χ1v) is 5.52. The van der Waals surface area contributed by atoms with Crippen LogP contribution in [-0.4, -0.2) is 25.5 Å². The van der Waals surface area contributed by atoms with Gasteiger partial charge < -0.3 is 16.0 Å². The maximum atomic E-state index is 11.3. The highest BCUT2D eigenvalue weighted by atomic mass is 16.2. The maximum Gasteiger partial charge on any atom is 0.239 e. The number of carbonyl (C=O) groups excluding carboxylic acids is 1. The van der Waals surface area contributed by atoms with Crippen molar-refractivity contribution in [2.75, 3.05) is 24.5 Å². The number of rotatable bonds is 2. The molecule has 1 heterocycles. The number of anilines is 1. The van der Waals surface area contributed by atoms with Crippen molar-refractivity contribution in [1.82, 2.24) is 5.32 Å². The average molecular weight is 219 g/mol. The Bertz CT molecular complexity index is 403. The van der Waals surface area contributed by atoms with E-state index in [-0.39, 0.29) is 5.91 Å². The summed E-state index contributed by atoms with van der Waals surface area (Å²) in [6.07, 6.45) is 0. The second-order valence-corrected chi connectivity index (χ2v) is 4.09. The molecule has 4 heteroatoms. The number of nitrogens with zero attached hydrogens (tertiary/aromatic N) is 1. The molecule has 0 atom stereocenters. The minimum absolute atomic E-state index is 0.0896. The topological polar surface area (TPSA) is 58.4 Å². The van der Waals surface area contributed by atoms with Crippen molar-refractivity contribution in [2.45, 2.75) is 13.5 Å². The second-order valence-electron chi connectivity index (χ2n) is 4.09. The maximum absolute atomic E-state index is 11.3. The van der Waals surface area contributed by atoms with Gasteiger partial charge in [0.1, 0.15) is 0 Å². The fourth-order valence-electron chi connectivity index (χ4n) is 1.96. The van der Waals surface area contributed by atoms with E-state index in [9.17, 15) is 4.79 Å². The summed E-state index contributed by atoms with van der Waals surface area (Å²) in [5, 5.41) is 2.82. The Morgan fingerprint density at radius 1 is 1.50 bits per heavy atom. The van der Waals surface area contributed by atoms with Gasteiger partial charge in [0.25, 0.3) is 0 Å². The smallest absolute Gasteiger partial charge is 0.239 e. The normalized spacial score (nSPS) is 16.1. The van der Waals surface area contributed by atoms with Gasteiger partial charge in [0, 0.05) is 25.3 Å². The van der Waals surface area contributed by atoms with E-state index in [1.165, 1.54) is 5.56 Å². The summed E-state index contributed by atoms with van der Waals surface area (Å²) in [5.74, 6) is 0.0896. The van der Waals surface area contributed by atoms with Gasteiger partial charge in [-0.2, -0.15) is 0 Å². The zero-order valence-corrected chi connectivity index (χ0v) is 9.49. The van der Waals surface area contributed by atoms with Crippen molar-refractivity contribution in [3.8, 4) is 0 Å². The van der Waals surface area contributed by atoms with Gasteiger partial charge in [-0.25, -0.2) is 0 Å². The number of carbonyl (C=O) groups is 1. The molecule has 1 aromatic rings. The number of aryl methyl sites for hydroxylation is 1. The molecule has 86 valence electrons. The third-order valence-corrected chi connectivity index (χ3v) is 2.95. The molecule has 0 aliphatic carbocycles. The first-order chi connectivity index (χ1) is 7.70. The molecule has 1 fully saturated rings. The van der Waals surface area contributed by atoms with E-state index in [1.807, 2.05) is 12.1 Å². The van der Waals surface area contributed by atoms with Gasteiger partial charge in [-0.3, -0.25) is 4.79 Å². The SMILES string of the molecule is Cc1cc(N2CCNC(=O)C2)ccc1CN. The van der Waals surface area contributed by atoms with Gasteiger partial charge in [-0.05, 0) is 30.2 Å². The summed E-state index contributed by atoms with van der Waals surface area (Å²) in [6, 6.07) is 6.17. The lowest BCUT2D eigenvalue weighted by Gasteiger charge is -2.29. The quantitative estimate of drug-likeness (QED) is 0.756. The molecular formula is C12H17N3O. The molecule has 0 spiro atoms. The average Bonchev–Trinajstić information content (AvgIpc) is 2.29. The van der Waals surface area contributed by atoms with Gasteiger partial charge in [-0.1, -0.05) is 6.07 Å². The van der Waals surface area contributed by atoms with Crippen LogP contribution in [0.1, 0.15) is 11.1 Å². The Hall–Kier alpha value is -1.55. The van der Waals surface area contributed by atoms with Crippen LogP contribution in [0.2, 0.25) is 0 Å². The van der Waals surface area contributed by atoms with Gasteiger partial charge in [0.2, 0.25) is 5.91 Å². The first-order valence-electron chi connectivity index (χ1n) is 5.52. The van der Waals surface area contributed by atoms with Crippen LogP contribution in [0.15, 0.2) is 18.2 Å².